The summed E-state index contributed by atoms with van der Waals surface area (Å²) in [7, 11) is -8.73. The second-order valence-electron chi connectivity index (χ2n) is 10.4. The Morgan fingerprint density at radius 2 is 1.71 bits per heavy atom. The molecule has 1 aromatic heterocycles. The lowest BCUT2D eigenvalue weighted by Gasteiger charge is -2.41. The zero-order valence-corrected chi connectivity index (χ0v) is 22.8. The Kier molecular flexibility index (Phi) is 7.76. The number of aromatic nitrogens is 1. The quantitative estimate of drug-likeness (QED) is 0.417. The van der Waals surface area contributed by atoms with Gasteiger partial charge in [0.25, 0.3) is 0 Å². The van der Waals surface area contributed by atoms with Crippen LogP contribution in [-0.2, 0) is 14.4 Å². The van der Waals surface area contributed by atoms with E-state index in [1.807, 2.05) is 0 Å². The first kappa shape index (κ1) is 31.5. The van der Waals surface area contributed by atoms with Crippen LogP contribution >= 0.6 is 10.2 Å². The molecule has 1 aliphatic carbocycles. The highest BCUT2D eigenvalue weighted by Crippen LogP contribution is 3.02. The second-order valence-corrected chi connectivity index (χ2v) is 12.8. The molecule has 0 bridgehead atoms. The van der Waals surface area contributed by atoms with Gasteiger partial charge in [0.15, 0.2) is 0 Å². The maximum atomic E-state index is 14.3. The Bertz CT molecular complexity index is 1370. The van der Waals surface area contributed by atoms with Crippen molar-refractivity contribution in [3.05, 3.63) is 54.1 Å². The standard InChI is InChI=1S/C25H27F8N5O3S/c1-37-14-20(35-13-21(37)39)24(41)38(18-2-4-19(5-3-18)42(29,30,31,32)33)22(15-10-16(26)12-34-11-15)23(40)36-17-6-8-25(27,28)9-7-17/h2-5,10-12,17,20,22,35H,6-9,13-14H2,1H3,(H,36,40). The number of hydrogen-bond donors (Lipinski definition) is 2. The summed E-state index contributed by atoms with van der Waals surface area (Å²) in [5.41, 5.74) is -0.675. The molecule has 3 amide bonds. The molecule has 2 N–H and O–H groups in total. The molecule has 17 heteroatoms. The molecule has 2 aliphatic rings. The van der Waals surface area contributed by atoms with Crippen LogP contribution in [0.3, 0.4) is 0 Å². The number of likely N-dealkylation sites (N-methyl/N-ethyl adjacent to an activating group) is 1. The molecule has 42 heavy (non-hydrogen) atoms. The summed E-state index contributed by atoms with van der Waals surface area (Å²) < 4.78 is 109. The van der Waals surface area contributed by atoms with Crippen molar-refractivity contribution in [2.45, 2.75) is 54.6 Å². The Labute approximate surface area is 235 Å². The van der Waals surface area contributed by atoms with E-state index in [9.17, 15) is 47.0 Å². The van der Waals surface area contributed by atoms with Gasteiger partial charge in [0, 0.05) is 49.9 Å². The third kappa shape index (κ3) is 7.29. The van der Waals surface area contributed by atoms with E-state index in [2.05, 4.69) is 15.6 Å². The van der Waals surface area contributed by atoms with E-state index >= 15 is 0 Å². The van der Waals surface area contributed by atoms with Gasteiger partial charge in [-0.2, -0.15) is 0 Å². The van der Waals surface area contributed by atoms with Crippen molar-refractivity contribution >= 4 is 33.6 Å². The SMILES string of the molecule is CN1CC(C(=O)N(c2ccc(S(F)(F)(F)(F)F)cc2)C(C(=O)NC2CCC(F)(F)CC2)c2cncc(F)c2)NCC1=O. The predicted octanol–water partition coefficient (Wildman–Crippen LogP) is 5.08. The van der Waals surface area contributed by atoms with Crippen LogP contribution in [0.4, 0.5) is 38.3 Å². The average Bonchev–Trinajstić information content (AvgIpc) is 2.88. The number of carbonyl (C=O) groups excluding carboxylic acids is 3. The topological polar surface area (TPSA) is 94.6 Å². The molecule has 232 valence electrons. The molecule has 0 radical (unpaired) electrons. The zero-order chi connectivity index (χ0) is 31.2. The minimum Gasteiger partial charge on any atom is -0.351 e. The largest absolute Gasteiger partial charge is 0.351 e. The van der Waals surface area contributed by atoms with Gasteiger partial charge in [-0.1, -0.05) is 19.4 Å². The van der Waals surface area contributed by atoms with Crippen LogP contribution in [0, 0.1) is 5.82 Å². The monoisotopic (exact) mass is 629 g/mol. The fourth-order valence-electron chi connectivity index (χ4n) is 4.85. The summed E-state index contributed by atoms with van der Waals surface area (Å²) in [6.45, 7) is -0.538. The van der Waals surface area contributed by atoms with Gasteiger partial charge in [0.05, 0.1) is 12.7 Å². The van der Waals surface area contributed by atoms with Crippen LogP contribution < -0.4 is 15.5 Å². The Balaban J connectivity index is 1.79. The molecule has 2 fully saturated rings. The molecule has 4 rings (SSSR count). The van der Waals surface area contributed by atoms with Gasteiger partial charge in [-0.3, -0.25) is 29.6 Å². The van der Waals surface area contributed by atoms with Crippen LogP contribution in [0.15, 0.2) is 47.6 Å². The second kappa shape index (κ2) is 10.4. The lowest BCUT2D eigenvalue weighted by molar-refractivity contribution is -0.135. The highest BCUT2D eigenvalue weighted by molar-refractivity contribution is 8.45. The molecule has 1 aromatic carbocycles. The zero-order valence-electron chi connectivity index (χ0n) is 22.0. The van der Waals surface area contributed by atoms with E-state index in [0.29, 0.717) is 17.0 Å². The van der Waals surface area contributed by atoms with Crippen molar-refractivity contribution in [2.75, 3.05) is 25.0 Å². The molecule has 1 saturated heterocycles. The number of hydrogen-bond acceptors (Lipinski definition) is 5. The predicted molar refractivity (Wildman–Crippen MR) is 137 cm³/mol. The lowest BCUT2D eigenvalue weighted by atomic mass is 9.91. The molecule has 1 saturated carbocycles. The van der Waals surface area contributed by atoms with E-state index < -0.39 is 75.3 Å². The third-order valence-corrected chi connectivity index (χ3v) is 8.25. The van der Waals surface area contributed by atoms with Gasteiger partial charge in [-0.15, -0.1) is 0 Å². The number of carbonyl (C=O) groups is 3. The molecule has 2 heterocycles. The number of rotatable bonds is 7. The molecule has 2 aromatic rings. The van der Waals surface area contributed by atoms with E-state index in [4.69, 9.17) is 0 Å². The van der Waals surface area contributed by atoms with Gasteiger partial charge < -0.3 is 10.2 Å². The molecule has 2 atom stereocenters. The van der Waals surface area contributed by atoms with Gasteiger partial charge in [-0.05, 0) is 43.2 Å². The summed E-state index contributed by atoms with van der Waals surface area (Å²) in [5.74, 6) is -6.22. The fourth-order valence-corrected chi connectivity index (χ4v) is 5.50. The highest BCUT2D eigenvalue weighted by Gasteiger charge is 2.65. The Morgan fingerprint density at radius 1 is 1.10 bits per heavy atom. The average molecular weight is 630 g/mol. The number of pyridine rings is 1. The first-order valence-electron chi connectivity index (χ1n) is 12.7. The summed E-state index contributed by atoms with van der Waals surface area (Å²) in [5, 5.41) is 5.21. The first-order chi connectivity index (χ1) is 19.2. The summed E-state index contributed by atoms with van der Waals surface area (Å²) >= 11 is 0. The number of benzene rings is 1. The van der Waals surface area contributed by atoms with Crippen molar-refractivity contribution in [3.8, 4) is 0 Å². The highest BCUT2D eigenvalue weighted by atomic mass is 32.5. The van der Waals surface area contributed by atoms with Gasteiger partial charge in [-0.25, -0.2) is 13.2 Å². The number of nitrogens with zero attached hydrogens (tertiary/aromatic N) is 3. The number of alkyl halides is 2. The first-order valence-corrected chi connectivity index (χ1v) is 14.6. The Hall–Kier alpha value is -3.47. The number of piperazine rings is 1. The Morgan fingerprint density at radius 3 is 2.26 bits per heavy atom. The molecule has 2 unspecified atom stereocenters. The molecular weight excluding hydrogens is 602 g/mol. The van der Waals surface area contributed by atoms with Crippen LogP contribution in [-0.4, -0.2) is 65.7 Å². The minimum absolute atomic E-state index is 0.0587. The molecule has 0 spiro atoms. The molecule has 1 aliphatic heterocycles. The van der Waals surface area contributed by atoms with E-state index in [1.165, 1.54) is 11.9 Å². The number of amides is 3. The van der Waals surface area contributed by atoms with Crippen LogP contribution in [0.5, 0.6) is 0 Å². The van der Waals surface area contributed by atoms with E-state index in [1.54, 1.807) is 0 Å². The number of nitrogens with one attached hydrogen (secondary N) is 2. The normalized spacial score (nSPS) is 22.1. The third-order valence-electron chi connectivity index (χ3n) is 7.09. The molecule has 8 nitrogen and oxygen atoms in total. The van der Waals surface area contributed by atoms with E-state index in [-0.39, 0.29) is 49.5 Å². The van der Waals surface area contributed by atoms with Crippen LogP contribution in [0.2, 0.25) is 0 Å². The van der Waals surface area contributed by atoms with Crippen molar-refractivity contribution in [1.29, 1.82) is 0 Å². The molecular formula is C25H27F8N5O3S. The van der Waals surface area contributed by atoms with Gasteiger partial charge >= 0.3 is 10.2 Å². The summed E-state index contributed by atoms with van der Waals surface area (Å²) in [4.78, 5) is 42.9. The van der Waals surface area contributed by atoms with Gasteiger partial charge in [0.2, 0.25) is 23.6 Å². The summed E-state index contributed by atoms with van der Waals surface area (Å²) in [6.07, 6.45) is 0.493. The minimum atomic E-state index is -10.1. The van der Waals surface area contributed by atoms with Crippen LogP contribution in [0.25, 0.3) is 0 Å². The lowest BCUT2D eigenvalue weighted by Crippen LogP contribution is -2.60. The van der Waals surface area contributed by atoms with Crippen molar-refractivity contribution in [2.24, 2.45) is 0 Å². The number of anilines is 1. The summed E-state index contributed by atoms with van der Waals surface area (Å²) in [6, 6.07) is -1.71. The maximum Gasteiger partial charge on any atom is 0.310 e. The van der Waals surface area contributed by atoms with Crippen LogP contribution in [0.1, 0.15) is 37.3 Å². The van der Waals surface area contributed by atoms with Gasteiger partial charge in [0.1, 0.15) is 22.8 Å². The van der Waals surface area contributed by atoms with Crippen molar-refractivity contribution in [1.82, 2.24) is 20.5 Å². The van der Waals surface area contributed by atoms with E-state index in [0.717, 1.165) is 18.5 Å². The van der Waals surface area contributed by atoms with Crippen molar-refractivity contribution < 1.29 is 47.0 Å². The van der Waals surface area contributed by atoms with Crippen molar-refractivity contribution in [3.63, 3.8) is 0 Å². The smallest absolute Gasteiger partial charge is 0.310 e. The maximum absolute atomic E-state index is 14.3. The fraction of sp³-hybridized carbons (Fsp3) is 0.440. The number of halogens is 8.